The summed E-state index contributed by atoms with van der Waals surface area (Å²) in [6.07, 6.45) is 2.02. The van der Waals surface area contributed by atoms with Crippen LogP contribution in [0.3, 0.4) is 0 Å². The number of carbonyl (C=O) groups is 1. The summed E-state index contributed by atoms with van der Waals surface area (Å²) in [6, 6.07) is 6.24. The Bertz CT molecular complexity index is 729. The van der Waals surface area contributed by atoms with E-state index in [1.54, 1.807) is 0 Å². The summed E-state index contributed by atoms with van der Waals surface area (Å²) in [5.41, 5.74) is 1.86. The summed E-state index contributed by atoms with van der Waals surface area (Å²) in [5.74, 6) is 1.02. The fourth-order valence-electron chi connectivity index (χ4n) is 3.38. The molecule has 0 spiro atoms. The second kappa shape index (κ2) is 5.02. The zero-order chi connectivity index (χ0) is 15.3. The van der Waals surface area contributed by atoms with E-state index in [9.17, 15) is 4.79 Å². The van der Waals surface area contributed by atoms with Crippen molar-refractivity contribution in [3.63, 3.8) is 0 Å². The number of carbonyl (C=O) groups excluding carboxylic acids is 1. The molecule has 0 N–H and O–H groups in total. The lowest BCUT2D eigenvalue weighted by Crippen LogP contribution is -2.47. The molecule has 2 aliphatic heterocycles. The summed E-state index contributed by atoms with van der Waals surface area (Å²) < 4.78 is 8.00. The van der Waals surface area contributed by atoms with Crippen LogP contribution in [-0.4, -0.2) is 60.1 Å². The standard InChI is InChI=1S/C17H21N3O2/c1-12-11-22-15-5-3-4-13-14(10-20(12)16(13)15)17(21)19-8-6-18(2)7-9-19/h3-5,10,12H,6-9,11H2,1-2H3/t12-/m1/s1. The molecule has 0 saturated carbocycles. The smallest absolute Gasteiger partial charge is 0.256 e. The number of amides is 1. The summed E-state index contributed by atoms with van der Waals surface area (Å²) >= 11 is 0. The average Bonchev–Trinajstić information content (AvgIpc) is 2.93. The van der Waals surface area contributed by atoms with Crippen LogP contribution in [0, 0.1) is 0 Å². The maximum absolute atomic E-state index is 12.9. The lowest BCUT2D eigenvalue weighted by molar-refractivity contribution is 0.0665. The van der Waals surface area contributed by atoms with Gasteiger partial charge in [-0.2, -0.15) is 0 Å². The highest BCUT2D eigenvalue weighted by atomic mass is 16.5. The zero-order valence-electron chi connectivity index (χ0n) is 13.1. The highest BCUT2D eigenvalue weighted by molar-refractivity contribution is 6.08. The fourth-order valence-corrected chi connectivity index (χ4v) is 3.38. The van der Waals surface area contributed by atoms with Crippen LogP contribution in [0.4, 0.5) is 0 Å². The molecule has 5 nitrogen and oxygen atoms in total. The van der Waals surface area contributed by atoms with Crippen molar-refractivity contribution in [2.45, 2.75) is 13.0 Å². The predicted molar refractivity (Wildman–Crippen MR) is 85.5 cm³/mol. The third-order valence-electron chi connectivity index (χ3n) is 4.79. The number of para-hydroxylation sites is 1. The Morgan fingerprint density at radius 1 is 1.23 bits per heavy atom. The minimum Gasteiger partial charge on any atom is -0.489 e. The molecule has 1 amide bonds. The minimum atomic E-state index is 0.142. The normalized spacial score (nSPS) is 21.9. The molecule has 0 radical (unpaired) electrons. The number of rotatable bonds is 1. The zero-order valence-corrected chi connectivity index (χ0v) is 13.1. The molecule has 1 saturated heterocycles. The van der Waals surface area contributed by atoms with Gasteiger partial charge in [0.15, 0.2) is 0 Å². The molecule has 2 aliphatic rings. The van der Waals surface area contributed by atoms with Gasteiger partial charge in [-0.3, -0.25) is 4.79 Å². The van der Waals surface area contributed by atoms with E-state index in [1.165, 1.54) is 0 Å². The van der Waals surface area contributed by atoms with Crippen LogP contribution in [0.15, 0.2) is 24.4 Å². The van der Waals surface area contributed by atoms with Crippen molar-refractivity contribution in [1.29, 1.82) is 0 Å². The fraction of sp³-hybridized carbons (Fsp3) is 0.471. The van der Waals surface area contributed by atoms with Gasteiger partial charge in [0.05, 0.1) is 17.1 Å². The number of aromatic nitrogens is 1. The maximum Gasteiger partial charge on any atom is 0.256 e. The number of hydrogen-bond acceptors (Lipinski definition) is 3. The number of piperazine rings is 1. The van der Waals surface area contributed by atoms with Gasteiger partial charge in [0.25, 0.3) is 5.91 Å². The quantitative estimate of drug-likeness (QED) is 0.808. The average molecular weight is 299 g/mol. The summed E-state index contributed by atoms with van der Waals surface area (Å²) in [4.78, 5) is 17.2. The van der Waals surface area contributed by atoms with Crippen molar-refractivity contribution >= 4 is 16.8 Å². The molecule has 22 heavy (non-hydrogen) atoms. The number of nitrogens with zero attached hydrogens (tertiary/aromatic N) is 3. The second-order valence-electron chi connectivity index (χ2n) is 6.36. The second-order valence-corrected chi connectivity index (χ2v) is 6.36. The number of benzene rings is 1. The van der Waals surface area contributed by atoms with Crippen molar-refractivity contribution in [1.82, 2.24) is 14.4 Å². The van der Waals surface area contributed by atoms with E-state index in [1.807, 2.05) is 29.3 Å². The monoisotopic (exact) mass is 299 g/mol. The van der Waals surface area contributed by atoms with Gasteiger partial charge in [0.2, 0.25) is 0 Å². The van der Waals surface area contributed by atoms with Crippen LogP contribution in [-0.2, 0) is 0 Å². The number of hydrogen-bond donors (Lipinski definition) is 0. The lowest BCUT2D eigenvalue weighted by Gasteiger charge is -2.32. The molecule has 0 unspecified atom stereocenters. The molecule has 116 valence electrons. The van der Waals surface area contributed by atoms with E-state index in [2.05, 4.69) is 23.4 Å². The van der Waals surface area contributed by atoms with Crippen molar-refractivity contribution in [3.05, 3.63) is 30.0 Å². The summed E-state index contributed by atoms with van der Waals surface area (Å²) in [6.45, 7) is 6.26. The summed E-state index contributed by atoms with van der Waals surface area (Å²) in [5, 5.41) is 1.01. The molecule has 2 aromatic rings. The first-order valence-corrected chi connectivity index (χ1v) is 7.89. The molecule has 1 aromatic heterocycles. The molecular weight excluding hydrogens is 278 g/mol. The van der Waals surface area contributed by atoms with E-state index in [-0.39, 0.29) is 11.9 Å². The SMILES string of the molecule is C[C@@H]1COc2cccc3c(C(=O)N4CCN(C)CC4)cn1c23. The highest BCUT2D eigenvalue weighted by Gasteiger charge is 2.27. The van der Waals surface area contributed by atoms with Crippen molar-refractivity contribution in [2.75, 3.05) is 39.8 Å². The van der Waals surface area contributed by atoms with Gasteiger partial charge in [-0.25, -0.2) is 0 Å². The Labute approximate surface area is 130 Å². The maximum atomic E-state index is 12.9. The van der Waals surface area contributed by atoms with Gasteiger partial charge >= 0.3 is 0 Å². The number of ether oxygens (including phenoxy) is 1. The van der Waals surface area contributed by atoms with Crippen molar-refractivity contribution in [3.8, 4) is 5.75 Å². The van der Waals surface area contributed by atoms with Crippen LogP contribution >= 0.6 is 0 Å². The van der Waals surface area contributed by atoms with Crippen LogP contribution in [0.5, 0.6) is 5.75 Å². The molecule has 1 atom stereocenters. The third kappa shape index (κ3) is 2.00. The third-order valence-corrected chi connectivity index (χ3v) is 4.79. The first-order chi connectivity index (χ1) is 10.6. The molecule has 0 bridgehead atoms. The Hall–Kier alpha value is -2.01. The van der Waals surface area contributed by atoms with Crippen LogP contribution in [0.1, 0.15) is 23.3 Å². The Kier molecular flexibility index (Phi) is 3.11. The molecule has 0 aliphatic carbocycles. The Balaban J connectivity index is 1.77. The Morgan fingerprint density at radius 3 is 2.77 bits per heavy atom. The molecular formula is C17H21N3O2. The van der Waals surface area contributed by atoms with E-state index < -0.39 is 0 Å². The topological polar surface area (TPSA) is 37.7 Å². The molecule has 4 rings (SSSR count). The van der Waals surface area contributed by atoms with E-state index in [0.717, 1.165) is 48.4 Å². The molecule has 5 heteroatoms. The highest BCUT2D eigenvalue weighted by Crippen LogP contribution is 2.36. The predicted octanol–water partition coefficient (Wildman–Crippen LogP) is 1.98. The van der Waals surface area contributed by atoms with E-state index in [0.29, 0.717) is 6.61 Å². The summed E-state index contributed by atoms with van der Waals surface area (Å²) in [7, 11) is 2.10. The van der Waals surface area contributed by atoms with Gasteiger partial charge in [0, 0.05) is 37.8 Å². The van der Waals surface area contributed by atoms with Gasteiger partial charge in [-0.1, -0.05) is 12.1 Å². The molecule has 1 fully saturated rings. The van der Waals surface area contributed by atoms with Crippen molar-refractivity contribution in [2.24, 2.45) is 0 Å². The van der Waals surface area contributed by atoms with Crippen LogP contribution in [0.25, 0.3) is 10.9 Å². The van der Waals surface area contributed by atoms with E-state index >= 15 is 0 Å². The first-order valence-electron chi connectivity index (χ1n) is 7.89. The minimum absolute atomic E-state index is 0.142. The van der Waals surface area contributed by atoms with E-state index in [4.69, 9.17) is 4.74 Å². The molecule has 1 aromatic carbocycles. The van der Waals surface area contributed by atoms with Gasteiger partial charge < -0.3 is 19.1 Å². The Morgan fingerprint density at radius 2 is 2.00 bits per heavy atom. The van der Waals surface area contributed by atoms with Crippen LogP contribution < -0.4 is 4.74 Å². The van der Waals surface area contributed by atoms with Gasteiger partial charge in [-0.15, -0.1) is 0 Å². The van der Waals surface area contributed by atoms with Gasteiger partial charge in [-0.05, 0) is 20.0 Å². The van der Waals surface area contributed by atoms with Crippen LogP contribution in [0.2, 0.25) is 0 Å². The first kappa shape index (κ1) is 13.6. The lowest BCUT2D eigenvalue weighted by atomic mass is 10.1. The van der Waals surface area contributed by atoms with Gasteiger partial charge in [0.1, 0.15) is 12.4 Å². The molecule has 3 heterocycles. The largest absolute Gasteiger partial charge is 0.489 e. The van der Waals surface area contributed by atoms with Crippen molar-refractivity contribution < 1.29 is 9.53 Å². The number of likely N-dealkylation sites (N-methyl/N-ethyl adjacent to an activating group) is 1.